The van der Waals surface area contributed by atoms with Crippen molar-refractivity contribution in [1.82, 2.24) is 26.2 Å². The van der Waals surface area contributed by atoms with Crippen molar-refractivity contribution in [2.75, 3.05) is 39.3 Å². The van der Waals surface area contributed by atoms with Crippen molar-refractivity contribution >= 4 is 23.6 Å². The van der Waals surface area contributed by atoms with Crippen LogP contribution in [0.5, 0.6) is 5.75 Å². The molecule has 1 saturated heterocycles. The van der Waals surface area contributed by atoms with E-state index in [1.165, 1.54) is 12.8 Å². The number of nitrogens with zero attached hydrogens (tertiary/aromatic N) is 1. The molecule has 0 aliphatic carbocycles. The molecular formula is C28H43N5O5. The summed E-state index contributed by atoms with van der Waals surface area (Å²) >= 11 is 0. The number of unbranched alkanes of at least 4 members (excludes halogenated alkanes) is 1. The molecule has 4 N–H and O–H groups in total. The van der Waals surface area contributed by atoms with E-state index >= 15 is 0 Å². The van der Waals surface area contributed by atoms with Gasteiger partial charge in [-0.1, -0.05) is 26.0 Å². The third-order valence-electron chi connectivity index (χ3n) is 6.78. The molecule has 1 aromatic rings. The first kappa shape index (κ1) is 29.4. The molecule has 0 spiro atoms. The van der Waals surface area contributed by atoms with Crippen molar-refractivity contribution in [2.24, 2.45) is 5.92 Å². The van der Waals surface area contributed by atoms with E-state index in [0.29, 0.717) is 38.3 Å². The summed E-state index contributed by atoms with van der Waals surface area (Å²) in [7, 11) is 0. The fourth-order valence-corrected chi connectivity index (χ4v) is 4.76. The minimum absolute atomic E-state index is 0.172. The normalized spacial score (nSPS) is 21.8. The number of amides is 4. The molecule has 210 valence electrons. The first-order valence-corrected chi connectivity index (χ1v) is 13.9. The van der Waals surface area contributed by atoms with Crippen LogP contribution < -0.4 is 26.0 Å². The zero-order valence-electron chi connectivity index (χ0n) is 22.7. The molecule has 2 atom stereocenters. The first-order chi connectivity index (χ1) is 18.3. The van der Waals surface area contributed by atoms with Gasteiger partial charge in [0.15, 0.2) is 0 Å². The number of hydrogen-bond acceptors (Lipinski definition) is 6. The fraction of sp³-hybridized carbons (Fsp3) is 0.643. The van der Waals surface area contributed by atoms with Crippen molar-refractivity contribution in [3.05, 3.63) is 29.8 Å². The molecule has 10 nitrogen and oxygen atoms in total. The zero-order chi connectivity index (χ0) is 27.3. The van der Waals surface area contributed by atoms with Crippen molar-refractivity contribution in [3.63, 3.8) is 0 Å². The maximum absolute atomic E-state index is 13.2. The van der Waals surface area contributed by atoms with E-state index in [0.717, 1.165) is 32.5 Å². The molecule has 0 bridgehead atoms. The summed E-state index contributed by atoms with van der Waals surface area (Å²) in [5, 5.41) is 11.2. The number of rotatable bonds is 8. The largest absolute Gasteiger partial charge is 0.493 e. The smallest absolute Gasteiger partial charge is 0.255 e. The van der Waals surface area contributed by atoms with Crippen LogP contribution in [-0.4, -0.2) is 79.9 Å². The van der Waals surface area contributed by atoms with Crippen molar-refractivity contribution in [2.45, 2.75) is 70.9 Å². The Morgan fingerprint density at radius 3 is 2.61 bits per heavy atom. The number of fused-ring (bicyclic) bond motifs is 1. The van der Waals surface area contributed by atoms with E-state index in [2.05, 4.69) is 26.2 Å². The molecule has 3 rings (SSSR count). The maximum Gasteiger partial charge on any atom is 0.255 e. The molecular weight excluding hydrogens is 486 g/mol. The molecule has 0 unspecified atom stereocenters. The van der Waals surface area contributed by atoms with E-state index < -0.39 is 29.8 Å². The molecule has 0 radical (unpaired) electrons. The highest BCUT2D eigenvalue weighted by Gasteiger charge is 2.28. The Morgan fingerprint density at radius 2 is 1.84 bits per heavy atom. The Morgan fingerprint density at radius 1 is 1.08 bits per heavy atom. The zero-order valence-corrected chi connectivity index (χ0v) is 22.7. The lowest BCUT2D eigenvalue weighted by molar-refractivity contribution is -0.131. The minimum Gasteiger partial charge on any atom is -0.493 e. The van der Waals surface area contributed by atoms with Crippen LogP contribution in [0, 0.1) is 5.92 Å². The molecule has 0 aromatic heterocycles. The molecule has 10 heteroatoms. The maximum atomic E-state index is 13.2. The van der Waals surface area contributed by atoms with E-state index in [1.807, 2.05) is 13.8 Å². The van der Waals surface area contributed by atoms with Gasteiger partial charge in [0, 0.05) is 13.1 Å². The topological polar surface area (TPSA) is 129 Å². The molecule has 2 aliphatic rings. The highest BCUT2D eigenvalue weighted by atomic mass is 16.5. The van der Waals surface area contributed by atoms with Crippen molar-refractivity contribution in [3.8, 4) is 5.75 Å². The number of benzene rings is 1. The summed E-state index contributed by atoms with van der Waals surface area (Å²) < 4.78 is 5.81. The quantitative estimate of drug-likeness (QED) is 0.379. The summed E-state index contributed by atoms with van der Waals surface area (Å²) in [6.07, 6.45) is 4.97. The van der Waals surface area contributed by atoms with Crippen molar-refractivity contribution < 1.29 is 23.9 Å². The van der Waals surface area contributed by atoms with Gasteiger partial charge in [0.2, 0.25) is 17.7 Å². The standard InChI is InChI=1S/C28H43N5O5/c1-20(2)18-22-27(36)30-13-9-17-38-24-11-4-3-10-21(24)26(35)32-23(19-25(34)31-22)28(37)29-12-5-6-14-33-15-7-8-16-33/h3-4,10-11,20,22-23H,5-9,12-19H2,1-2H3,(H,29,37)(H,30,36)(H,31,34)(H,32,35)/t22-,23-/m0/s1. The number of hydrogen-bond donors (Lipinski definition) is 4. The van der Waals surface area contributed by atoms with Crippen LogP contribution in [0.1, 0.15) is 69.2 Å². The van der Waals surface area contributed by atoms with Crippen LogP contribution in [0.25, 0.3) is 0 Å². The summed E-state index contributed by atoms with van der Waals surface area (Å²) in [5.41, 5.74) is 0.285. The number of nitrogens with one attached hydrogen (secondary N) is 4. The Kier molecular flexibility index (Phi) is 11.9. The van der Waals surface area contributed by atoms with Gasteiger partial charge in [-0.25, -0.2) is 0 Å². The first-order valence-electron chi connectivity index (χ1n) is 13.9. The second-order valence-corrected chi connectivity index (χ2v) is 10.5. The van der Waals surface area contributed by atoms with Gasteiger partial charge in [-0.3, -0.25) is 19.2 Å². The van der Waals surface area contributed by atoms with Gasteiger partial charge >= 0.3 is 0 Å². The predicted octanol–water partition coefficient (Wildman–Crippen LogP) is 1.60. The van der Waals surface area contributed by atoms with Crippen LogP contribution in [0.2, 0.25) is 0 Å². The van der Waals surface area contributed by atoms with Gasteiger partial charge < -0.3 is 30.9 Å². The molecule has 2 heterocycles. The third-order valence-corrected chi connectivity index (χ3v) is 6.78. The number of carbonyl (C=O) groups excluding carboxylic acids is 4. The van der Waals surface area contributed by atoms with Gasteiger partial charge in [0.25, 0.3) is 5.91 Å². The Labute approximate surface area is 225 Å². The Hall–Kier alpha value is -3.14. The van der Waals surface area contributed by atoms with E-state index in [9.17, 15) is 19.2 Å². The molecule has 1 aromatic carbocycles. The average Bonchev–Trinajstić information content (AvgIpc) is 3.40. The molecule has 1 fully saturated rings. The number of para-hydroxylation sites is 1. The average molecular weight is 530 g/mol. The van der Waals surface area contributed by atoms with Crippen LogP contribution in [-0.2, 0) is 14.4 Å². The second-order valence-electron chi connectivity index (χ2n) is 10.5. The fourth-order valence-electron chi connectivity index (χ4n) is 4.76. The van der Waals surface area contributed by atoms with Gasteiger partial charge in [-0.2, -0.15) is 0 Å². The van der Waals surface area contributed by atoms with E-state index in [-0.39, 0.29) is 23.8 Å². The van der Waals surface area contributed by atoms with Gasteiger partial charge in [-0.15, -0.1) is 0 Å². The lowest BCUT2D eigenvalue weighted by Gasteiger charge is -2.22. The highest BCUT2D eigenvalue weighted by Crippen LogP contribution is 2.19. The molecule has 4 amide bonds. The van der Waals surface area contributed by atoms with Gasteiger partial charge in [-0.05, 0) is 76.2 Å². The van der Waals surface area contributed by atoms with Crippen molar-refractivity contribution in [1.29, 1.82) is 0 Å². The summed E-state index contributed by atoms with van der Waals surface area (Å²) in [5.74, 6) is -1.11. The highest BCUT2D eigenvalue weighted by molar-refractivity contribution is 6.01. The van der Waals surface area contributed by atoms with Crippen LogP contribution in [0.4, 0.5) is 0 Å². The monoisotopic (exact) mass is 529 g/mol. The predicted molar refractivity (Wildman–Crippen MR) is 145 cm³/mol. The Balaban J connectivity index is 1.69. The lowest BCUT2D eigenvalue weighted by Crippen LogP contribution is -2.52. The van der Waals surface area contributed by atoms with E-state index in [4.69, 9.17) is 4.74 Å². The Bertz CT molecular complexity index is 947. The third kappa shape index (κ3) is 9.63. The number of ether oxygens (including phenoxy) is 1. The van der Waals surface area contributed by atoms with Gasteiger partial charge in [0.05, 0.1) is 18.6 Å². The number of carbonyl (C=O) groups is 4. The van der Waals surface area contributed by atoms with Crippen LogP contribution >= 0.6 is 0 Å². The summed E-state index contributed by atoms with van der Waals surface area (Å²) in [4.78, 5) is 54.5. The second kappa shape index (κ2) is 15.3. The molecule has 38 heavy (non-hydrogen) atoms. The van der Waals surface area contributed by atoms with Gasteiger partial charge in [0.1, 0.15) is 17.8 Å². The summed E-state index contributed by atoms with van der Waals surface area (Å²) in [6.45, 7) is 8.36. The minimum atomic E-state index is -1.10. The SMILES string of the molecule is CC(C)C[C@@H]1NC(=O)C[C@@H](C(=O)NCCCCN2CCCC2)NC(=O)c2ccccc2OCCCNC1=O. The lowest BCUT2D eigenvalue weighted by atomic mass is 10.0. The summed E-state index contributed by atoms with van der Waals surface area (Å²) in [6, 6.07) is 4.97. The molecule has 2 aliphatic heterocycles. The van der Waals surface area contributed by atoms with Crippen LogP contribution in [0.3, 0.4) is 0 Å². The number of likely N-dealkylation sites (tertiary alicyclic amines) is 1. The van der Waals surface area contributed by atoms with Crippen LogP contribution in [0.15, 0.2) is 24.3 Å². The molecule has 0 saturated carbocycles. The van der Waals surface area contributed by atoms with E-state index in [1.54, 1.807) is 24.3 Å².